The van der Waals surface area contributed by atoms with Crippen LogP contribution in [0.15, 0.2) is 24.3 Å². The van der Waals surface area contributed by atoms with Gasteiger partial charge in [0.1, 0.15) is 9.90 Å². The molecule has 0 aliphatic heterocycles. The normalized spacial score (nSPS) is 15.0. The van der Waals surface area contributed by atoms with Crippen LogP contribution in [0.4, 0.5) is 0 Å². The Kier molecular flexibility index (Phi) is 5.62. The molecule has 1 aromatic carbocycles. The molecule has 0 unspecified atom stereocenters. The first kappa shape index (κ1) is 17.8. The number of fused-ring (bicyclic) bond motifs is 1. The summed E-state index contributed by atoms with van der Waals surface area (Å²) >= 11 is 11.1. The minimum absolute atomic E-state index is 0.171. The van der Waals surface area contributed by atoms with Gasteiger partial charge in [-0.25, -0.2) is 4.98 Å². The summed E-state index contributed by atoms with van der Waals surface area (Å²) in [6.45, 7) is 7.91. The van der Waals surface area contributed by atoms with Crippen LogP contribution in [-0.2, 0) is 11.4 Å². The highest BCUT2D eigenvalue weighted by Crippen LogP contribution is 2.29. The predicted molar refractivity (Wildman–Crippen MR) is 95.8 cm³/mol. The highest BCUT2D eigenvalue weighted by atomic mass is 35.5. The molecule has 0 amide bonds. The SMILES string of the molecule is CCC(C)(C)[S@@+]([O-])N[C@@H](C)c1cc2cc(Cl)ccc2nc1Cl. The van der Waals surface area contributed by atoms with Crippen molar-refractivity contribution in [3.05, 3.63) is 40.0 Å². The Morgan fingerprint density at radius 2 is 2.00 bits per heavy atom. The number of hydrogen-bond acceptors (Lipinski definition) is 3. The summed E-state index contributed by atoms with van der Waals surface area (Å²) in [5.41, 5.74) is 1.61. The van der Waals surface area contributed by atoms with Gasteiger partial charge in [0.05, 0.1) is 11.6 Å². The number of nitrogens with one attached hydrogen (secondary N) is 1. The maximum absolute atomic E-state index is 12.4. The Bertz CT molecular complexity index is 678. The molecule has 0 saturated carbocycles. The van der Waals surface area contributed by atoms with E-state index in [9.17, 15) is 4.55 Å². The van der Waals surface area contributed by atoms with E-state index in [1.54, 1.807) is 6.07 Å². The molecule has 0 aliphatic rings. The van der Waals surface area contributed by atoms with E-state index in [0.29, 0.717) is 10.2 Å². The van der Waals surface area contributed by atoms with E-state index in [1.807, 2.05) is 45.9 Å². The van der Waals surface area contributed by atoms with Gasteiger partial charge in [-0.15, -0.1) is 4.72 Å². The second-order valence-corrected chi connectivity index (χ2v) is 8.60. The monoisotopic (exact) mass is 358 g/mol. The minimum atomic E-state index is -1.17. The molecule has 0 aliphatic carbocycles. The third-order valence-corrected chi connectivity index (χ3v) is 6.26. The van der Waals surface area contributed by atoms with Crippen LogP contribution in [0.25, 0.3) is 10.9 Å². The summed E-state index contributed by atoms with van der Waals surface area (Å²) in [4.78, 5) is 4.40. The number of pyridine rings is 1. The molecule has 0 radical (unpaired) electrons. The first-order chi connectivity index (χ1) is 10.2. The zero-order valence-electron chi connectivity index (χ0n) is 13.1. The van der Waals surface area contributed by atoms with Gasteiger partial charge >= 0.3 is 0 Å². The fourth-order valence-corrected chi connectivity index (χ4v) is 3.48. The van der Waals surface area contributed by atoms with Crippen molar-refractivity contribution in [3.8, 4) is 0 Å². The Balaban J connectivity index is 2.31. The quantitative estimate of drug-likeness (QED) is 0.601. The Morgan fingerprint density at radius 3 is 2.64 bits per heavy atom. The van der Waals surface area contributed by atoms with Crippen LogP contribution < -0.4 is 4.72 Å². The lowest BCUT2D eigenvalue weighted by molar-refractivity contribution is 0.512. The van der Waals surface area contributed by atoms with Crippen molar-refractivity contribution in [2.45, 2.75) is 44.9 Å². The van der Waals surface area contributed by atoms with Crippen molar-refractivity contribution < 1.29 is 4.55 Å². The number of benzene rings is 1. The Morgan fingerprint density at radius 1 is 1.32 bits per heavy atom. The van der Waals surface area contributed by atoms with Gasteiger partial charge in [-0.3, -0.25) is 0 Å². The van der Waals surface area contributed by atoms with E-state index >= 15 is 0 Å². The van der Waals surface area contributed by atoms with Crippen LogP contribution in [0, 0.1) is 0 Å². The first-order valence-corrected chi connectivity index (χ1v) is 9.09. The lowest BCUT2D eigenvalue weighted by Gasteiger charge is -2.29. The van der Waals surface area contributed by atoms with E-state index in [2.05, 4.69) is 9.71 Å². The van der Waals surface area contributed by atoms with Gasteiger partial charge in [0, 0.05) is 27.3 Å². The van der Waals surface area contributed by atoms with Gasteiger partial charge in [-0.1, -0.05) is 30.1 Å². The molecule has 1 aromatic heterocycles. The number of rotatable bonds is 5. The summed E-state index contributed by atoms with van der Waals surface area (Å²) in [7, 11) is 0. The van der Waals surface area contributed by atoms with Crippen molar-refractivity contribution in [1.29, 1.82) is 0 Å². The molecule has 22 heavy (non-hydrogen) atoms. The molecule has 2 aromatic rings. The highest BCUT2D eigenvalue weighted by molar-refractivity contribution is 7.90. The summed E-state index contributed by atoms with van der Waals surface area (Å²) in [6, 6.07) is 7.25. The van der Waals surface area contributed by atoms with Gasteiger partial charge in [-0.05, 0) is 51.5 Å². The standard InChI is InChI=1S/C16H20Cl2N2OS/c1-5-16(3,4)22(21)20-10(2)13-9-11-8-12(17)6-7-14(11)19-15(13)18/h6-10,20H,5H2,1-4H3/t10-,22+/m0/s1. The van der Waals surface area contributed by atoms with Crippen LogP contribution in [-0.4, -0.2) is 14.3 Å². The van der Waals surface area contributed by atoms with Gasteiger partial charge in [0.2, 0.25) is 0 Å². The van der Waals surface area contributed by atoms with Crippen molar-refractivity contribution in [1.82, 2.24) is 9.71 Å². The molecule has 0 saturated heterocycles. The largest absolute Gasteiger partial charge is 0.598 e. The van der Waals surface area contributed by atoms with Gasteiger partial charge in [-0.2, -0.15) is 0 Å². The molecule has 6 heteroatoms. The topological polar surface area (TPSA) is 48.0 Å². The molecule has 1 N–H and O–H groups in total. The maximum Gasteiger partial charge on any atom is 0.139 e. The molecule has 2 rings (SSSR count). The average molecular weight is 359 g/mol. The van der Waals surface area contributed by atoms with E-state index in [-0.39, 0.29) is 10.8 Å². The molecule has 1 heterocycles. The molecule has 0 spiro atoms. The maximum atomic E-state index is 12.4. The average Bonchev–Trinajstić information content (AvgIpc) is 2.46. The predicted octanol–water partition coefficient (Wildman–Crippen LogP) is 5.04. The van der Waals surface area contributed by atoms with Gasteiger partial charge in [0.15, 0.2) is 0 Å². The van der Waals surface area contributed by atoms with Crippen molar-refractivity contribution in [2.24, 2.45) is 0 Å². The molecule has 0 bridgehead atoms. The van der Waals surface area contributed by atoms with Crippen molar-refractivity contribution in [2.75, 3.05) is 0 Å². The van der Waals surface area contributed by atoms with E-state index in [0.717, 1.165) is 22.9 Å². The van der Waals surface area contributed by atoms with Crippen LogP contribution in [0.5, 0.6) is 0 Å². The van der Waals surface area contributed by atoms with E-state index < -0.39 is 11.4 Å². The zero-order valence-corrected chi connectivity index (χ0v) is 15.4. The smallest absolute Gasteiger partial charge is 0.139 e. The number of halogens is 2. The summed E-state index contributed by atoms with van der Waals surface area (Å²) < 4.78 is 15.2. The number of hydrogen-bond donors (Lipinski definition) is 1. The van der Waals surface area contributed by atoms with E-state index in [1.165, 1.54) is 0 Å². The Labute approximate surface area is 144 Å². The molecular formula is C16H20Cl2N2OS. The third-order valence-electron chi connectivity index (χ3n) is 3.86. The number of nitrogens with zero attached hydrogens (tertiary/aromatic N) is 1. The van der Waals surface area contributed by atoms with E-state index in [4.69, 9.17) is 23.2 Å². The van der Waals surface area contributed by atoms with Crippen LogP contribution in [0.3, 0.4) is 0 Å². The second-order valence-electron chi connectivity index (χ2n) is 5.93. The molecule has 2 atom stereocenters. The number of aromatic nitrogens is 1. The van der Waals surface area contributed by atoms with Crippen LogP contribution in [0.2, 0.25) is 10.2 Å². The first-order valence-electron chi connectivity index (χ1n) is 7.18. The minimum Gasteiger partial charge on any atom is -0.598 e. The van der Waals surface area contributed by atoms with Crippen molar-refractivity contribution in [3.63, 3.8) is 0 Å². The van der Waals surface area contributed by atoms with Crippen molar-refractivity contribution >= 4 is 45.5 Å². The lowest BCUT2D eigenvalue weighted by atomic mass is 10.1. The summed E-state index contributed by atoms with van der Waals surface area (Å²) in [5, 5.41) is 1.99. The second kappa shape index (κ2) is 6.93. The van der Waals surface area contributed by atoms with Gasteiger partial charge < -0.3 is 4.55 Å². The summed E-state index contributed by atoms with van der Waals surface area (Å²) in [6.07, 6.45) is 0.818. The Hall–Kier alpha value is -0.520. The lowest BCUT2D eigenvalue weighted by Crippen LogP contribution is -2.42. The third kappa shape index (κ3) is 3.87. The molecule has 0 fully saturated rings. The molecule has 3 nitrogen and oxygen atoms in total. The highest BCUT2D eigenvalue weighted by Gasteiger charge is 2.32. The summed E-state index contributed by atoms with van der Waals surface area (Å²) in [5.74, 6) is 0. The molecule has 120 valence electrons. The fourth-order valence-electron chi connectivity index (χ4n) is 1.96. The molecular weight excluding hydrogens is 339 g/mol. The van der Waals surface area contributed by atoms with Crippen LogP contribution >= 0.6 is 23.2 Å². The van der Waals surface area contributed by atoms with Crippen LogP contribution in [0.1, 0.15) is 45.7 Å². The fraction of sp³-hybridized carbons (Fsp3) is 0.438. The zero-order chi connectivity index (χ0) is 16.5. The van der Waals surface area contributed by atoms with Gasteiger partial charge in [0.25, 0.3) is 0 Å².